The lowest BCUT2D eigenvalue weighted by atomic mass is 10.2. The summed E-state index contributed by atoms with van der Waals surface area (Å²) in [6.45, 7) is 1.28. The lowest BCUT2D eigenvalue weighted by Gasteiger charge is -2.13. The zero-order valence-corrected chi connectivity index (χ0v) is 12.2. The van der Waals surface area contributed by atoms with Crippen molar-refractivity contribution in [1.29, 1.82) is 0 Å². The van der Waals surface area contributed by atoms with E-state index < -0.39 is 28.3 Å². The second-order valence-corrected chi connectivity index (χ2v) is 6.40. The first-order chi connectivity index (χ1) is 9.37. The lowest BCUT2D eigenvalue weighted by molar-refractivity contribution is -0.123. The van der Waals surface area contributed by atoms with Crippen LogP contribution in [0.3, 0.4) is 0 Å². The maximum absolute atomic E-state index is 12.2. The summed E-state index contributed by atoms with van der Waals surface area (Å²) >= 11 is 5.74. The highest BCUT2D eigenvalue weighted by Crippen LogP contribution is 2.31. The maximum Gasteiger partial charge on any atom is 0.269 e. The topological polar surface area (TPSA) is 80.8 Å². The van der Waals surface area contributed by atoms with Gasteiger partial charge in [0.15, 0.2) is 5.78 Å². The normalized spacial score (nSPS) is 16.3. The van der Waals surface area contributed by atoms with Gasteiger partial charge in [0.05, 0.1) is 12.1 Å². The van der Waals surface area contributed by atoms with Crippen LogP contribution in [0.2, 0.25) is 5.02 Å². The van der Waals surface area contributed by atoms with E-state index in [1.807, 2.05) is 0 Å². The third-order valence-corrected chi connectivity index (χ3v) is 4.76. The van der Waals surface area contributed by atoms with E-state index in [4.69, 9.17) is 16.3 Å². The second kappa shape index (κ2) is 5.51. The van der Waals surface area contributed by atoms with Crippen molar-refractivity contribution < 1.29 is 22.7 Å². The van der Waals surface area contributed by atoms with Crippen molar-refractivity contribution in [3.63, 3.8) is 0 Å². The van der Waals surface area contributed by atoms with E-state index in [0.717, 1.165) is 0 Å². The van der Waals surface area contributed by atoms with Crippen LogP contribution in [0.25, 0.3) is 0 Å². The van der Waals surface area contributed by atoms with Gasteiger partial charge in [-0.15, -0.1) is 0 Å². The van der Waals surface area contributed by atoms with Gasteiger partial charge in [-0.3, -0.25) is 9.59 Å². The third kappa shape index (κ3) is 2.56. The number of Topliss-reactive ketones (excluding diaryl/α,β-unsaturated/α-hetero) is 1. The van der Waals surface area contributed by atoms with E-state index in [-0.39, 0.29) is 22.1 Å². The number of carbonyl (C=O) groups excluding carboxylic acids is 2. The first kappa shape index (κ1) is 15.0. The van der Waals surface area contributed by atoms with E-state index in [1.54, 1.807) is 6.92 Å². The number of benzene rings is 1. The van der Waals surface area contributed by atoms with Gasteiger partial charge in [-0.1, -0.05) is 11.6 Å². The summed E-state index contributed by atoms with van der Waals surface area (Å²) < 4.78 is 29.9. The summed E-state index contributed by atoms with van der Waals surface area (Å²) in [5.41, 5.74) is 0.0265. The smallest absolute Gasteiger partial charge is 0.269 e. The van der Waals surface area contributed by atoms with E-state index in [2.05, 4.69) is 0 Å². The van der Waals surface area contributed by atoms with E-state index in [0.29, 0.717) is 10.9 Å². The van der Waals surface area contributed by atoms with Gasteiger partial charge < -0.3 is 4.74 Å². The Bertz CT molecular complexity index is 670. The summed E-state index contributed by atoms with van der Waals surface area (Å²) in [7, 11) is -4.02. The quantitative estimate of drug-likeness (QED) is 0.812. The molecule has 20 heavy (non-hydrogen) atoms. The van der Waals surface area contributed by atoms with Crippen molar-refractivity contribution in [1.82, 2.24) is 4.31 Å². The molecule has 0 saturated carbocycles. The summed E-state index contributed by atoms with van der Waals surface area (Å²) in [6.07, 6.45) is 0. The summed E-state index contributed by atoms with van der Waals surface area (Å²) in [6, 6.07) is 3.97. The van der Waals surface area contributed by atoms with Crippen molar-refractivity contribution >= 4 is 33.3 Å². The van der Waals surface area contributed by atoms with Gasteiger partial charge in [0.2, 0.25) is 0 Å². The van der Waals surface area contributed by atoms with E-state index >= 15 is 0 Å². The number of halogens is 1. The van der Waals surface area contributed by atoms with Crippen LogP contribution in [0.4, 0.5) is 0 Å². The first-order valence-corrected chi connectivity index (χ1v) is 7.65. The number of sulfonamides is 1. The predicted octanol–water partition coefficient (Wildman–Crippen LogP) is 1.09. The van der Waals surface area contributed by atoms with Gasteiger partial charge in [-0.05, 0) is 25.1 Å². The standard InChI is InChI=1S/C12H12ClNO5S/c1-2-19-7-9(15)6-14-12(16)10-4-3-8(13)5-11(10)20(14,17)18/h3-5H,2,6-7H2,1H3. The van der Waals surface area contributed by atoms with Crippen LogP contribution in [0.1, 0.15) is 17.3 Å². The van der Waals surface area contributed by atoms with Crippen molar-refractivity contribution in [2.75, 3.05) is 19.8 Å². The summed E-state index contributed by atoms with van der Waals surface area (Å²) in [5, 5.41) is 0.211. The Morgan fingerprint density at radius 3 is 2.75 bits per heavy atom. The molecule has 6 nitrogen and oxygen atoms in total. The van der Waals surface area contributed by atoms with Crippen LogP contribution in [0, 0.1) is 0 Å². The molecule has 2 rings (SSSR count). The van der Waals surface area contributed by atoms with Gasteiger partial charge in [0.25, 0.3) is 15.9 Å². The number of hydrogen-bond donors (Lipinski definition) is 0. The van der Waals surface area contributed by atoms with Gasteiger partial charge >= 0.3 is 0 Å². The SMILES string of the molecule is CCOCC(=O)CN1C(=O)c2ccc(Cl)cc2S1(=O)=O. The van der Waals surface area contributed by atoms with Crippen molar-refractivity contribution in [2.24, 2.45) is 0 Å². The Labute approximate surface area is 121 Å². The molecular weight excluding hydrogens is 306 g/mol. The highest BCUT2D eigenvalue weighted by Gasteiger charge is 2.42. The largest absolute Gasteiger partial charge is 0.374 e. The summed E-state index contributed by atoms with van der Waals surface area (Å²) in [4.78, 5) is 23.5. The van der Waals surface area contributed by atoms with Crippen LogP contribution in [-0.2, 0) is 19.6 Å². The highest BCUT2D eigenvalue weighted by molar-refractivity contribution is 7.90. The van der Waals surface area contributed by atoms with Crippen molar-refractivity contribution in [2.45, 2.75) is 11.8 Å². The molecule has 0 fully saturated rings. The molecule has 0 N–H and O–H groups in total. The number of rotatable bonds is 5. The Kier molecular flexibility index (Phi) is 4.12. The van der Waals surface area contributed by atoms with Gasteiger partial charge in [0, 0.05) is 11.6 Å². The fourth-order valence-electron chi connectivity index (χ4n) is 1.83. The Morgan fingerprint density at radius 2 is 2.10 bits per heavy atom. The zero-order valence-electron chi connectivity index (χ0n) is 10.6. The number of hydrogen-bond acceptors (Lipinski definition) is 5. The highest BCUT2D eigenvalue weighted by atomic mass is 35.5. The minimum Gasteiger partial charge on any atom is -0.374 e. The number of ether oxygens (including phenoxy) is 1. The Morgan fingerprint density at radius 1 is 1.40 bits per heavy atom. The fourth-order valence-corrected chi connectivity index (χ4v) is 3.64. The molecule has 0 spiro atoms. The minimum atomic E-state index is -4.02. The number of carbonyl (C=O) groups is 2. The molecule has 1 amide bonds. The van der Waals surface area contributed by atoms with Gasteiger partial charge in [-0.25, -0.2) is 12.7 Å². The van der Waals surface area contributed by atoms with Crippen LogP contribution < -0.4 is 0 Å². The Balaban J connectivity index is 2.30. The molecule has 0 saturated heterocycles. The number of nitrogens with zero attached hydrogens (tertiary/aromatic N) is 1. The molecule has 1 aromatic rings. The molecule has 108 valence electrons. The molecule has 1 aliphatic heterocycles. The first-order valence-electron chi connectivity index (χ1n) is 5.84. The van der Waals surface area contributed by atoms with Crippen LogP contribution in [-0.4, -0.2) is 44.2 Å². The third-order valence-electron chi connectivity index (χ3n) is 2.76. The molecule has 8 heteroatoms. The average molecular weight is 318 g/mol. The number of amides is 1. The molecule has 1 aliphatic rings. The number of fused-ring (bicyclic) bond motifs is 1. The van der Waals surface area contributed by atoms with Crippen LogP contribution >= 0.6 is 11.6 Å². The molecule has 1 heterocycles. The van der Waals surface area contributed by atoms with E-state index in [1.165, 1.54) is 18.2 Å². The van der Waals surface area contributed by atoms with Crippen molar-refractivity contribution in [3.8, 4) is 0 Å². The maximum atomic E-state index is 12.2. The fraction of sp³-hybridized carbons (Fsp3) is 0.333. The van der Waals surface area contributed by atoms with Crippen LogP contribution in [0.5, 0.6) is 0 Å². The zero-order chi connectivity index (χ0) is 14.9. The number of ketones is 1. The molecular formula is C12H12ClNO5S. The molecule has 0 aromatic heterocycles. The van der Waals surface area contributed by atoms with Gasteiger partial charge in [-0.2, -0.15) is 0 Å². The molecule has 0 radical (unpaired) electrons. The minimum absolute atomic E-state index is 0.0265. The molecule has 0 unspecified atom stereocenters. The molecule has 0 bridgehead atoms. The molecule has 0 atom stereocenters. The van der Waals surface area contributed by atoms with Gasteiger partial charge in [0.1, 0.15) is 11.5 Å². The average Bonchev–Trinajstić information content (AvgIpc) is 2.57. The molecule has 1 aromatic carbocycles. The van der Waals surface area contributed by atoms with Crippen LogP contribution in [0.15, 0.2) is 23.1 Å². The second-order valence-electron chi connectivity index (χ2n) is 4.13. The molecule has 0 aliphatic carbocycles. The monoisotopic (exact) mass is 317 g/mol. The lowest BCUT2D eigenvalue weighted by Crippen LogP contribution is -2.36. The van der Waals surface area contributed by atoms with E-state index in [9.17, 15) is 18.0 Å². The predicted molar refractivity (Wildman–Crippen MR) is 71.2 cm³/mol. The summed E-state index contributed by atoms with van der Waals surface area (Å²) in [5.74, 6) is -1.20. The van der Waals surface area contributed by atoms with Crippen molar-refractivity contribution in [3.05, 3.63) is 28.8 Å². The Hall–Kier alpha value is -1.44.